The van der Waals surface area contributed by atoms with Crippen LogP contribution in [0.25, 0.3) is 0 Å². The van der Waals surface area contributed by atoms with E-state index in [-0.39, 0.29) is 18.6 Å². The van der Waals surface area contributed by atoms with E-state index in [9.17, 15) is 39.0 Å². The molecule has 0 aromatic heterocycles. The molecule has 0 fully saturated rings. The molecule has 2 aromatic rings. The lowest BCUT2D eigenvalue weighted by molar-refractivity contribution is -0.143. The number of aliphatic carboxylic acids is 1. The minimum atomic E-state index is -1.41. The van der Waals surface area contributed by atoms with Crippen molar-refractivity contribution < 1.29 is 43.7 Å². The first kappa shape index (κ1) is 46.0. The lowest BCUT2D eigenvalue weighted by atomic mass is 9.95. The van der Waals surface area contributed by atoms with Crippen molar-refractivity contribution in [3.8, 4) is 5.75 Å². The molecule has 4 atom stereocenters. The quantitative estimate of drug-likeness (QED) is 0.114. The molecule has 0 saturated carbocycles. The van der Waals surface area contributed by atoms with E-state index in [1.165, 1.54) is 26.0 Å². The number of thiol groups is 2. The van der Waals surface area contributed by atoms with E-state index in [1.54, 1.807) is 72.7 Å². The maximum atomic E-state index is 13.8. The maximum absolute atomic E-state index is 13.8. The van der Waals surface area contributed by atoms with Crippen LogP contribution >= 0.6 is 36.9 Å². The summed E-state index contributed by atoms with van der Waals surface area (Å²) in [6.07, 6.45) is -0.933. The highest BCUT2D eigenvalue weighted by molar-refractivity contribution is 7.82. The van der Waals surface area contributed by atoms with Crippen LogP contribution in [-0.4, -0.2) is 91.7 Å². The standard InChI is InChI=1S/C37H52ClN5O9S2/c1-19-14-23(44)15-20(2)24(19)17-26(41-34(51)52-35(3,4)5)31(47)42-28(36(6,7)53)32(48)39-18-27(45)40-25(16-21-10-12-22(38)13-11-21)30(46)43-29(33(49)50)37(8,9)54/h10-15,25-26,28-29,44,53-54H,16-18H2,1-9H3,(H,39,48)(H,40,45)(H,41,51)(H,42,47)(H,43,46)(H,49,50)/t25-,26-,28-,29-/m0/s1. The van der Waals surface area contributed by atoms with Gasteiger partial charge in [0.15, 0.2) is 0 Å². The van der Waals surface area contributed by atoms with E-state index < -0.39 is 81.5 Å². The van der Waals surface area contributed by atoms with Crippen molar-refractivity contribution in [2.75, 3.05) is 6.54 Å². The predicted octanol–water partition coefficient (Wildman–Crippen LogP) is 3.41. The molecule has 0 heterocycles. The molecule has 5 amide bonds. The Labute approximate surface area is 332 Å². The van der Waals surface area contributed by atoms with Gasteiger partial charge in [-0.2, -0.15) is 25.3 Å². The average molecular weight is 810 g/mol. The van der Waals surface area contributed by atoms with E-state index in [4.69, 9.17) is 16.3 Å². The van der Waals surface area contributed by atoms with Gasteiger partial charge in [0, 0.05) is 27.4 Å². The molecule has 54 heavy (non-hydrogen) atoms. The Kier molecular flexibility index (Phi) is 16.1. The summed E-state index contributed by atoms with van der Waals surface area (Å²) in [7, 11) is 0. The molecule has 14 nitrogen and oxygen atoms in total. The first-order valence-corrected chi connectivity index (χ1v) is 18.3. The van der Waals surface area contributed by atoms with Crippen LogP contribution in [0.2, 0.25) is 5.02 Å². The van der Waals surface area contributed by atoms with Gasteiger partial charge in [-0.1, -0.05) is 23.7 Å². The van der Waals surface area contributed by atoms with Crippen LogP contribution in [0.4, 0.5) is 4.79 Å². The number of phenols is 1. The topological polar surface area (TPSA) is 212 Å². The molecule has 0 radical (unpaired) electrons. The molecule has 17 heteroatoms. The highest BCUT2D eigenvalue weighted by Crippen LogP contribution is 2.24. The van der Waals surface area contributed by atoms with Crippen LogP contribution in [0.5, 0.6) is 5.75 Å². The number of ether oxygens (including phenoxy) is 1. The van der Waals surface area contributed by atoms with Crippen LogP contribution in [0.1, 0.15) is 70.7 Å². The number of phenolic OH excluding ortho intramolecular Hbond substituents is 1. The van der Waals surface area contributed by atoms with Gasteiger partial charge in [0.1, 0.15) is 35.5 Å². The number of hydrogen-bond donors (Lipinski definition) is 9. The minimum Gasteiger partial charge on any atom is -0.508 e. The predicted molar refractivity (Wildman–Crippen MR) is 212 cm³/mol. The number of carboxylic acid groups (broad SMARTS) is 1. The number of nitrogens with one attached hydrogen (secondary N) is 5. The highest BCUT2D eigenvalue weighted by Gasteiger charge is 2.38. The van der Waals surface area contributed by atoms with E-state index in [0.717, 1.165) is 0 Å². The normalized spacial score (nSPS) is 14.1. The third kappa shape index (κ3) is 14.9. The van der Waals surface area contributed by atoms with Gasteiger partial charge in [0.25, 0.3) is 0 Å². The lowest BCUT2D eigenvalue weighted by Gasteiger charge is -2.31. The molecule has 0 saturated heterocycles. The van der Waals surface area contributed by atoms with Crippen molar-refractivity contribution in [3.63, 3.8) is 0 Å². The summed E-state index contributed by atoms with van der Waals surface area (Å²) in [5.74, 6) is -4.43. The van der Waals surface area contributed by atoms with Crippen molar-refractivity contribution in [1.82, 2.24) is 26.6 Å². The van der Waals surface area contributed by atoms with Gasteiger partial charge in [0.2, 0.25) is 23.6 Å². The number of hydrogen-bond acceptors (Lipinski definition) is 10. The number of carbonyl (C=O) groups is 6. The van der Waals surface area contributed by atoms with Crippen LogP contribution in [0.3, 0.4) is 0 Å². The number of aromatic hydroxyl groups is 1. The monoisotopic (exact) mass is 809 g/mol. The Balaban J connectivity index is 2.29. The van der Waals surface area contributed by atoms with Crippen molar-refractivity contribution >= 4 is 72.5 Å². The Morgan fingerprint density at radius 2 is 1.22 bits per heavy atom. The Morgan fingerprint density at radius 3 is 1.69 bits per heavy atom. The van der Waals surface area contributed by atoms with Gasteiger partial charge in [-0.05, 0) is 109 Å². The minimum absolute atomic E-state index is 0.0169. The molecule has 0 bridgehead atoms. The Bertz CT molecular complexity index is 1680. The van der Waals surface area contributed by atoms with E-state index >= 15 is 0 Å². The summed E-state index contributed by atoms with van der Waals surface area (Å²) in [5, 5.41) is 32.9. The number of alkyl carbamates (subject to hydrolysis) is 1. The number of aryl methyl sites for hydroxylation is 2. The molecule has 0 unspecified atom stereocenters. The van der Waals surface area contributed by atoms with E-state index in [2.05, 4.69) is 51.8 Å². The summed E-state index contributed by atoms with van der Waals surface area (Å²) >= 11 is 14.8. The molecule has 0 aliphatic carbocycles. The third-order valence-corrected chi connectivity index (χ3v) is 8.79. The first-order valence-electron chi connectivity index (χ1n) is 17.1. The fraction of sp³-hybridized carbons (Fsp3) is 0.514. The van der Waals surface area contributed by atoms with Crippen LogP contribution in [-0.2, 0) is 41.6 Å². The number of carboxylic acids is 1. The smallest absolute Gasteiger partial charge is 0.408 e. The zero-order valence-corrected chi connectivity index (χ0v) is 34.5. The van der Waals surface area contributed by atoms with Gasteiger partial charge >= 0.3 is 12.1 Å². The zero-order valence-electron chi connectivity index (χ0n) is 31.9. The fourth-order valence-corrected chi connectivity index (χ4v) is 5.81. The molecule has 0 aliphatic rings. The molecule has 7 N–H and O–H groups in total. The van der Waals surface area contributed by atoms with Crippen LogP contribution in [0, 0.1) is 13.8 Å². The number of amides is 5. The first-order chi connectivity index (χ1) is 24.7. The second-order valence-corrected chi connectivity index (χ2v) is 17.9. The summed E-state index contributed by atoms with van der Waals surface area (Å²) < 4.78 is 3.03. The lowest BCUT2D eigenvalue weighted by Crippen LogP contribution is -2.61. The molecular formula is C37H52ClN5O9S2. The highest BCUT2D eigenvalue weighted by atomic mass is 35.5. The number of rotatable bonds is 16. The summed E-state index contributed by atoms with van der Waals surface area (Å²) in [5.41, 5.74) is 1.74. The van der Waals surface area contributed by atoms with Crippen LogP contribution in [0.15, 0.2) is 36.4 Å². The molecule has 0 spiro atoms. The summed E-state index contributed by atoms with van der Waals surface area (Å²) in [6, 6.07) is 4.28. The van der Waals surface area contributed by atoms with Gasteiger partial charge in [0.05, 0.1) is 6.54 Å². The number of halogens is 1. The average Bonchev–Trinajstić information content (AvgIpc) is 3.00. The van der Waals surface area contributed by atoms with Gasteiger partial charge in [-0.25, -0.2) is 9.59 Å². The second kappa shape index (κ2) is 18.9. The maximum Gasteiger partial charge on any atom is 0.408 e. The van der Waals surface area contributed by atoms with Crippen molar-refractivity contribution in [1.29, 1.82) is 0 Å². The van der Waals surface area contributed by atoms with Crippen molar-refractivity contribution in [2.24, 2.45) is 0 Å². The van der Waals surface area contributed by atoms with Crippen LogP contribution < -0.4 is 26.6 Å². The largest absolute Gasteiger partial charge is 0.508 e. The van der Waals surface area contributed by atoms with Crippen molar-refractivity contribution in [3.05, 3.63) is 63.7 Å². The third-order valence-electron chi connectivity index (χ3n) is 8.02. The number of carbonyl (C=O) groups excluding carboxylic acids is 5. The number of benzene rings is 2. The van der Waals surface area contributed by atoms with E-state index in [1.807, 2.05) is 0 Å². The SMILES string of the molecule is Cc1cc(O)cc(C)c1C[C@H](NC(=O)OC(C)(C)C)C(=O)N[C@@H](C(=O)NCC(=O)N[C@@H](Cc1ccc(Cl)cc1)C(=O)N[C@@H](C(=O)O)C(C)(C)S)C(C)(C)S. The molecule has 0 aliphatic heterocycles. The molecular weight excluding hydrogens is 758 g/mol. The molecule has 298 valence electrons. The zero-order chi connectivity index (χ0) is 41.3. The summed E-state index contributed by atoms with van der Waals surface area (Å²) in [6.45, 7) is 14.0. The molecule has 2 rings (SSSR count). The fourth-order valence-electron chi connectivity index (χ4n) is 5.33. The van der Waals surface area contributed by atoms with Gasteiger partial charge in [-0.3, -0.25) is 19.2 Å². The molecule has 2 aromatic carbocycles. The van der Waals surface area contributed by atoms with Gasteiger partial charge < -0.3 is 41.5 Å². The summed E-state index contributed by atoms with van der Waals surface area (Å²) in [4.78, 5) is 78.7. The van der Waals surface area contributed by atoms with Gasteiger partial charge in [-0.15, -0.1) is 0 Å². The van der Waals surface area contributed by atoms with E-state index in [0.29, 0.717) is 27.3 Å². The Morgan fingerprint density at radius 1 is 0.741 bits per heavy atom. The second-order valence-electron chi connectivity index (χ2n) is 15.2. The Hall–Kier alpha value is -4.15. The van der Waals surface area contributed by atoms with Crippen molar-refractivity contribution in [2.45, 2.75) is 114 Å².